The first-order valence-electron chi connectivity index (χ1n) is 5.48. The zero-order chi connectivity index (χ0) is 12.3. The molecule has 0 radical (unpaired) electrons. The Morgan fingerprint density at radius 2 is 2.00 bits per heavy atom. The molecule has 0 saturated heterocycles. The van der Waals surface area contributed by atoms with E-state index in [0.29, 0.717) is 12.0 Å². The molecule has 0 bridgehead atoms. The molecule has 0 saturated carbocycles. The number of carbonyl (C=O) groups excluding carboxylic acids is 1. The SMILES string of the molecule is Cc1ccc(C=O)cc1Cc1cccc(F)c1. The second-order valence-electron chi connectivity index (χ2n) is 4.11. The van der Waals surface area contributed by atoms with Crippen molar-refractivity contribution in [1.82, 2.24) is 0 Å². The van der Waals surface area contributed by atoms with E-state index in [2.05, 4.69) is 0 Å². The van der Waals surface area contributed by atoms with Crippen molar-refractivity contribution in [2.45, 2.75) is 13.3 Å². The molecule has 0 N–H and O–H groups in total. The number of hydrogen-bond acceptors (Lipinski definition) is 1. The third kappa shape index (κ3) is 2.78. The van der Waals surface area contributed by atoms with Crippen molar-refractivity contribution in [2.24, 2.45) is 0 Å². The Hall–Kier alpha value is -1.96. The zero-order valence-electron chi connectivity index (χ0n) is 9.61. The lowest BCUT2D eigenvalue weighted by Crippen LogP contribution is -1.94. The number of aryl methyl sites for hydroxylation is 1. The highest BCUT2D eigenvalue weighted by atomic mass is 19.1. The van der Waals surface area contributed by atoms with Gasteiger partial charge in [-0.3, -0.25) is 4.79 Å². The summed E-state index contributed by atoms with van der Waals surface area (Å²) in [6.07, 6.45) is 1.47. The maximum Gasteiger partial charge on any atom is 0.150 e. The largest absolute Gasteiger partial charge is 0.298 e. The molecule has 0 aliphatic rings. The molecule has 0 heterocycles. The van der Waals surface area contributed by atoms with E-state index in [0.717, 1.165) is 23.0 Å². The predicted molar refractivity (Wildman–Crippen MR) is 65.8 cm³/mol. The Kier molecular flexibility index (Phi) is 3.33. The van der Waals surface area contributed by atoms with Gasteiger partial charge in [0.2, 0.25) is 0 Å². The van der Waals surface area contributed by atoms with Gasteiger partial charge in [-0.15, -0.1) is 0 Å². The average Bonchev–Trinajstić information content (AvgIpc) is 2.32. The van der Waals surface area contributed by atoms with Gasteiger partial charge < -0.3 is 0 Å². The summed E-state index contributed by atoms with van der Waals surface area (Å²) in [5, 5.41) is 0. The van der Waals surface area contributed by atoms with Crippen molar-refractivity contribution in [2.75, 3.05) is 0 Å². The molecule has 2 heteroatoms. The van der Waals surface area contributed by atoms with E-state index in [4.69, 9.17) is 0 Å². The van der Waals surface area contributed by atoms with Gasteiger partial charge in [-0.05, 0) is 48.2 Å². The predicted octanol–water partition coefficient (Wildman–Crippen LogP) is 3.54. The van der Waals surface area contributed by atoms with Gasteiger partial charge in [0, 0.05) is 5.56 Å². The number of hydrogen-bond donors (Lipinski definition) is 0. The molecule has 86 valence electrons. The summed E-state index contributed by atoms with van der Waals surface area (Å²) < 4.78 is 13.1. The molecule has 0 unspecified atom stereocenters. The van der Waals surface area contributed by atoms with Crippen molar-refractivity contribution in [3.63, 3.8) is 0 Å². The highest BCUT2D eigenvalue weighted by Gasteiger charge is 2.02. The van der Waals surface area contributed by atoms with Crippen LogP contribution in [0.5, 0.6) is 0 Å². The molecule has 0 aliphatic heterocycles. The topological polar surface area (TPSA) is 17.1 Å². The quantitative estimate of drug-likeness (QED) is 0.734. The van der Waals surface area contributed by atoms with Gasteiger partial charge >= 0.3 is 0 Å². The van der Waals surface area contributed by atoms with Crippen molar-refractivity contribution in [3.8, 4) is 0 Å². The number of carbonyl (C=O) groups is 1. The van der Waals surface area contributed by atoms with Gasteiger partial charge in [0.15, 0.2) is 0 Å². The summed E-state index contributed by atoms with van der Waals surface area (Å²) in [4.78, 5) is 10.7. The summed E-state index contributed by atoms with van der Waals surface area (Å²) in [5.74, 6) is -0.230. The second-order valence-corrected chi connectivity index (χ2v) is 4.11. The van der Waals surface area contributed by atoms with Crippen LogP contribution in [0.3, 0.4) is 0 Å². The maximum atomic E-state index is 13.1. The molecule has 0 atom stereocenters. The summed E-state index contributed by atoms with van der Waals surface area (Å²) in [5.41, 5.74) is 3.73. The van der Waals surface area contributed by atoms with Gasteiger partial charge in [0.1, 0.15) is 12.1 Å². The fraction of sp³-hybridized carbons (Fsp3) is 0.133. The summed E-state index contributed by atoms with van der Waals surface area (Å²) in [6.45, 7) is 1.99. The van der Waals surface area contributed by atoms with Crippen molar-refractivity contribution >= 4 is 6.29 Å². The lowest BCUT2D eigenvalue weighted by molar-refractivity contribution is 0.112. The van der Waals surface area contributed by atoms with Crippen LogP contribution in [0.25, 0.3) is 0 Å². The minimum atomic E-state index is -0.230. The van der Waals surface area contributed by atoms with Crippen LogP contribution < -0.4 is 0 Å². The second kappa shape index (κ2) is 4.91. The molecule has 0 aromatic heterocycles. The molecule has 0 fully saturated rings. The maximum absolute atomic E-state index is 13.1. The molecule has 1 nitrogen and oxygen atoms in total. The molecule has 0 aliphatic carbocycles. The lowest BCUT2D eigenvalue weighted by atomic mass is 9.98. The normalized spacial score (nSPS) is 10.2. The van der Waals surface area contributed by atoms with E-state index in [1.54, 1.807) is 12.1 Å². The van der Waals surface area contributed by atoms with Crippen LogP contribution in [0, 0.1) is 12.7 Å². The molecule has 2 rings (SSSR count). The third-order valence-electron chi connectivity index (χ3n) is 2.79. The van der Waals surface area contributed by atoms with E-state index in [-0.39, 0.29) is 5.82 Å². The minimum absolute atomic E-state index is 0.230. The molecular formula is C15H13FO. The Balaban J connectivity index is 2.32. The first-order valence-corrected chi connectivity index (χ1v) is 5.48. The number of benzene rings is 2. The van der Waals surface area contributed by atoms with Crippen LogP contribution in [0.1, 0.15) is 27.0 Å². The number of halogens is 1. The smallest absolute Gasteiger partial charge is 0.150 e. The number of rotatable bonds is 3. The minimum Gasteiger partial charge on any atom is -0.298 e. The van der Waals surface area contributed by atoms with Gasteiger partial charge in [0.25, 0.3) is 0 Å². The van der Waals surface area contributed by atoms with Crippen LogP contribution in [0.2, 0.25) is 0 Å². The fourth-order valence-electron chi connectivity index (χ4n) is 1.82. The zero-order valence-corrected chi connectivity index (χ0v) is 9.61. The van der Waals surface area contributed by atoms with Gasteiger partial charge in [0.05, 0.1) is 0 Å². The highest BCUT2D eigenvalue weighted by Crippen LogP contribution is 2.16. The number of aldehydes is 1. The van der Waals surface area contributed by atoms with Crippen LogP contribution in [0.4, 0.5) is 4.39 Å². The Morgan fingerprint density at radius 3 is 2.71 bits per heavy atom. The molecule has 0 amide bonds. The van der Waals surface area contributed by atoms with Crippen LogP contribution in [0.15, 0.2) is 42.5 Å². The highest BCUT2D eigenvalue weighted by molar-refractivity contribution is 5.75. The Morgan fingerprint density at radius 1 is 1.18 bits per heavy atom. The average molecular weight is 228 g/mol. The van der Waals surface area contributed by atoms with Crippen molar-refractivity contribution in [3.05, 3.63) is 70.5 Å². The first kappa shape index (κ1) is 11.5. The van der Waals surface area contributed by atoms with Crippen LogP contribution >= 0.6 is 0 Å². The molecule has 17 heavy (non-hydrogen) atoms. The fourth-order valence-corrected chi connectivity index (χ4v) is 1.82. The lowest BCUT2D eigenvalue weighted by Gasteiger charge is -2.07. The van der Waals surface area contributed by atoms with Gasteiger partial charge in [-0.25, -0.2) is 4.39 Å². The summed E-state index contributed by atoms with van der Waals surface area (Å²) in [7, 11) is 0. The van der Waals surface area contributed by atoms with Crippen molar-refractivity contribution < 1.29 is 9.18 Å². The van der Waals surface area contributed by atoms with E-state index < -0.39 is 0 Å². The molecular weight excluding hydrogens is 215 g/mol. The standard InChI is InChI=1S/C15H13FO/c1-11-5-6-13(10-17)8-14(11)7-12-3-2-4-15(16)9-12/h2-6,8-10H,7H2,1H3. The van der Waals surface area contributed by atoms with Crippen LogP contribution in [-0.2, 0) is 6.42 Å². The monoisotopic (exact) mass is 228 g/mol. The van der Waals surface area contributed by atoms with E-state index in [9.17, 15) is 9.18 Å². The summed E-state index contributed by atoms with van der Waals surface area (Å²) >= 11 is 0. The van der Waals surface area contributed by atoms with Gasteiger partial charge in [-0.1, -0.05) is 24.3 Å². The summed E-state index contributed by atoms with van der Waals surface area (Å²) in [6, 6.07) is 12.1. The Bertz CT molecular complexity index is 546. The molecule has 0 spiro atoms. The third-order valence-corrected chi connectivity index (χ3v) is 2.79. The van der Waals surface area contributed by atoms with E-state index >= 15 is 0 Å². The molecule has 2 aromatic rings. The van der Waals surface area contributed by atoms with E-state index in [1.165, 1.54) is 12.1 Å². The Labute approximate surface area is 99.9 Å². The van der Waals surface area contributed by atoms with Gasteiger partial charge in [-0.2, -0.15) is 0 Å². The molecule has 2 aromatic carbocycles. The van der Waals surface area contributed by atoms with Crippen LogP contribution in [-0.4, -0.2) is 6.29 Å². The van der Waals surface area contributed by atoms with Crippen molar-refractivity contribution in [1.29, 1.82) is 0 Å². The van der Waals surface area contributed by atoms with E-state index in [1.807, 2.05) is 25.1 Å². The first-order chi connectivity index (χ1) is 8.19.